The van der Waals surface area contributed by atoms with E-state index < -0.39 is 48.2 Å². The lowest BCUT2D eigenvalue weighted by molar-refractivity contribution is -0.486. The molecular weight excluding hydrogens is 411 g/mol. The normalized spacial score (nSPS) is 17.8. The summed E-state index contributed by atoms with van der Waals surface area (Å²) in [5.41, 5.74) is 0. The zero-order valence-electron chi connectivity index (χ0n) is 10.5. The van der Waals surface area contributed by atoms with Gasteiger partial charge in [-0.2, -0.15) is 71.1 Å². The summed E-state index contributed by atoms with van der Waals surface area (Å²) in [6.45, 7) is 0. The summed E-state index contributed by atoms with van der Waals surface area (Å²) < 4.78 is 186. The van der Waals surface area contributed by atoms with E-state index in [4.69, 9.17) is 5.26 Å². The molecule has 0 fully saturated rings. The zero-order valence-corrected chi connectivity index (χ0v) is 10.5. The van der Waals surface area contributed by atoms with Gasteiger partial charge in [0.05, 0.1) is 0 Å². The highest BCUT2D eigenvalue weighted by Gasteiger charge is 2.89. The van der Waals surface area contributed by atoms with Gasteiger partial charge in [-0.1, -0.05) is 0 Å². The average Bonchev–Trinajstić information content (AvgIpc) is 2.34. The highest BCUT2D eigenvalue weighted by atomic mass is 19.4. The van der Waals surface area contributed by atoms with Crippen LogP contribution in [0.15, 0.2) is 0 Å². The van der Waals surface area contributed by atoms with Crippen molar-refractivity contribution >= 4 is 0 Å². The van der Waals surface area contributed by atoms with Crippen molar-refractivity contribution in [3.63, 3.8) is 0 Å². The fourth-order valence-corrected chi connectivity index (χ4v) is 0.943. The predicted molar refractivity (Wildman–Crippen MR) is 42.4 cm³/mol. The molecule has 17 heteroatoms. The van der Waals surface area contributed by atoms with Crippen LogP contribution in [0.5, 0.6) is 0 Å². The van der Waals surface area contributed by atoms with Crippen molar-refractivity contribution < 1.29 is 70.6 Å². The van der Waals surface area contributed by atoms with Crippen LogP contribution in [0.3, 0.4) is 0 Å². The maximum Gasteiger partial charge on any atom is 0.463 e. The Kier molecular flexibility index (Phi) is 5.34. The van der Waals surface area contributed by atoms with Crippen molar-refractivity contribution in [3.8, 4) is 6.07 Å². The van der Waals surface area contributed by atoms with Gasteiger partial charge in [0.25, 0.3) is 0 Å². The number of ether oxygens (including phenoxy) is 1. The van der Waals surface area contributed by atoms with Crippen LogP contribution in [-0.4, -0.2) is 42.1 Å². The van der Waals surface area contributed by atoms with E-state index in [2.05, 4.69) is 0 Å². The molecule has 2 nitrogen and oxygen atoms in total. The van der Waals surface area contributed by atoms with Crippen LogP contribution in [0, 0.1) is 11.3 Å². The maximum atomic E-state index is 12.8. The van der Waals surface area contributed by atoms with Crippen molar-refractivity contribution in [2.45, 2.75) is 42.1 Å². The second-order valence-corrected chi connectivity index (χ2v) is 4.04. The van der Waals surface area contributed by atoms with E-state index in [1.165, 1.54) is 0 Å². The molecule has 0 aliphatic carbocycles. The van der Waals surface area contributed by atoms with Crippen LogP contribution in [0.4, 0.5) is 65.9 Å². The maximum absolute atomic E-state index is 12.8. The Bertz CT molecular complexity index is 539. The lowest BCUT2D eigenvalue weighted by atomic mass is 10.0. The first-order chi connectivity index (χ1) is 10.5. The number of hydrogen-bond donors (Lipinski definition) is 0. The average molecular weight is 411 g/mol. The first kappa shape index (κ1) is 23.4. The molecule has 0 aliphatic heterocycles. The van der Waals surface area contributed by atoms with Crippen molar-refractivity contribution in [3.05, 3.63) is 0 Å². The topological polar surface area (TPSA) is 33.0 Å². The van der Waals surface area contributed by atoms with Gasteiger partial charge < -0.3 is 0 Å². The Balaban J connectivity index is 6.20. The monoisotopic (exact) mass is 411 g/mol. The SMILES string of the molecule is N#CC(F)(OC(F)(F)C(F)(F)C(F)(F)C(F)(F)C(F)(F)F)C(F)(F)F. The number of hydrogen-bond acceptors (Lipinski definition) is 2. The quantitative estimate of drug-likeness (QED) is 0.609. The first-order valence-electron chi connectivity index (χ1n) is 4.97. The van der Waals surface area contributed by atoms with Crippen LogP contribution >= 0.6 is 0 Å². The number of nitriles is 1. The van der Waals surface area contributed by atoms with Gasteiger partial charge in [-0.3, -0.25) is 4.74 Å². The van der Waals surface area contributed by atoms with Gasteiger partial charge in [0.1, 0.15) is 6.07 Å². The molecule has 0 aliphatic rings. The Morgan fingerprint density at radius 1 is 0.520 bits per heavy atom. The molecule has 1 unspecified atom stereocenters. The van der Waals surface area contributed by atoms with E-state index in [9.17, 15) is 65.9 Å². The molecule has 0 rings (SSSR count). The molecule has 1 atom stereocenters. The molecular formula is C8F15NO. The molecule has 0 amide bonds. The second-order valence-electron chi connectivity index (χ2n) is 4.04. The Hall–Kier alpha value is -1.60. The highest BCUT2D eigenvalue weighted by Crippen LogP contribution is 2.58. The summed E-state index contributed by atoms with van der Waals surface area (Å²) in [6, 6.07) is -0.815. The van der Waals surface area contributed by atoms with Crippen molar-refractivity contribution in [1.29, 1.82) is 5.26 Å². The second kappa shape index (κ2) is 5.71. The fourth-order valence-electron chi connectivity index (χ4n) is 0.943. The van der Waals surface area contributed by atoms with Gasteiger partial charge >= 0.3 is 42.1 Å². The standard InChI is InChI=1S/C8F15NO/c9-2(1-24,6(16,17)18)25-8(22,23)5(14,15)3(10,11)4(12,13)7(19,20)21. The molecule has 0 N–H and O–H groups in total. The summed E-state index contributed by atoms with van der Waals surface area (Å²) in [7, 11) is 0. The third-order valence-corrected chi connectivity index (χ3v) is 2.29. The predicted octanol–water partition coefficient (Wildman–Crippen LogP) is 4.82. The van der Waals surface area contributed by atoms with E-state index in [0.717, 1.165) is 0 Å². The molecule has 0 spiro atoms. The lowest BCUT2D eigenvalue weighted by Gasteiger charge is -2.38. The minimum absolute atomic E-state index is 0.815. The lowest BCUT2D eigenvalue weighted by Crippen LogP contribution is -2.68. The van der Waals surface area contributed by atoms with Gasteiger partial charge in [0, 0.05) is 0 Å². The number of rotatable bonds is 5. The molecule has 148 valence electrons. The molecule has 0 aromatic heterocycles. The molecule has 0 heterocycles. The van der Waals surface area contributed by atoms with Gasteiger partial charge in [-0.25, -0.2) is 0 Å². The molecule has 0 aromatic rings. The van der Waals surface area contributed by atoms with Gasteiger partial charge in [0.2, 0.25) is 0 Å². The number of halogens is 15. The summed E-state index contributed by atoms with van der Waals surface area (Å²) in [5, 5.41) is 7.68. The van der Waals surface area contributed by atoms with E-state index in [1.807, 2.05) is 0 Å². The van der Waals surface area contributed by atoms with Crippen LogP contribution in [0.25, 0.3) is 0 Å². The van der Waals surface area contributed by atoms with E-state index in [-0.39, 0.29) is 0 Å². The zero-order chi connectivity index (χ0) is 20.9. The third kappa shape index (κ3) is 3.40. The first-order valence-corrected chi connectivity index (χ1v) is 4.97. The summed E-state index contributed by atoms with van der Waals surface area (Å²) in [6.07, 6.45) is -22.1. The third-order valence-electron chi connectivity index (χ3n) is 2.29. The smallest absolute Gasteiger partial charge is 0.258 e. The molecule has 0 aromatic carbocycles. The molecule has 0 saturated carbocycles. The largest absolute Gasteiger partial charge is 0.463 e. The fraction of sp³-hybridized carbons (Fsp3) is 0.875. The minimum atomic E-state index is -8.11. The Morgan fingerprint density at radius 3 is 1.12 bits per heavy atom. The highest BCUT2D eigenvalue weighted by molar-refractivity contribution is 5.06. The number of alkyl halides is 15. The molecule has 0 saturated heterocycles. The van der Waals surface area contributed by atoms with Crippen molar-refractivity contribution in [2.24, 2.45) is 0 Å². The summed E-state index contributed by atoms with van der Waals surface area (Å²) in [5.74, 6) is -30.5. The summed E-state index contributed by atoms with van der Waals surface area (Å²) in [4.78, 5) is 0. The minimum Gasteiger partial charge on any atom is -0.258 e. The van der Waals surface area contributed by atoms with Gasteiger partial charge in [0.15, 0.2) is 0 Å². The molecule has 25 heavy (non-hydrogen) atoms. The van der Waals surface area contributed by atoms with E-state index in [1.54, 1.807) is 4.74 Å². The van der Waals surface area contributed by atoms with Crippen molar-refractivity contribution in [2.75, 3.05) is 0 Å². The van der Waals surface area contributed by atoms with Crippen LogP contribution in [0.1, 0.15) is 0 Å². The number of nitrogens with zero attached hydrogens (tertiary/aromatic N) is 1. The van der Waals surface area contributed by atoms with Gasteiger partial charge in [-0.15, -0.1) is 0 Å². The van der Waals surface area contributed by atoms with Crippen LogP contribution < -0.4 is 0 Å². The molecule has 0 radical (unpaired) electrons. The summed E-state index contributed by atoms with van der Waals surface area (Å²) >= 11 is 0. The van der Waals surface area contributed by atoms with Crippen molar-refractivity contribution in [1.82, 2.24) is 0 Å². The van der Waals surface area contributed by atoms with Crippen LogP contribution in [0.2, 0.25) is 0 Å². The molecule has 0 bridgehead atoms. The van der Waals surface area contributed by atoms with E-state index in [0.29, 0.717) is 0 Å². The Morgan fingerprint density at radius 2 is 0.880 bits per heavy atom. The van der Waals surface area contributed by atoms with Gasteiger partial charge in [-0.05, 0) is 0 Å². The van der Waals surface area contributed by atoms with E-state index >= 15 is 0 Å². The van der Waals surface area contributed by atoms with Crippen LogP contribution in [-0.2, 0) is 4.74 Å². The Labute approximate surface area is 125 Å².